The Morgan fingerprint density at radius 2 is 1.56 bits per heavy atom. The lowest BCUT2D eigenvalue weighted by atomic mass is 10.1. The van der Waals surface area contributed by atoms with E-state index in [9.17, 15) is 19.2 Å². The number of amides is 3. The molecule has 1 unspecified atom stereocenters. The van der Waals surface area contributed by atoms with E-state index in [0.717, 1.165) is 21.6 Å². The van der Waals surface area contributed by atoms with Gasteiger partial charge in [0.2, 0.25) is 11.8 Å². The second-order valence-corrected chi connectivity index (χ2v) is 9.07. The largest absolute Gasteiger partial charge is 0.465 e. The number of imide groups is 1. The van der Waals surface area contributed by atoms with E-state index in [1.54, 1.807) is 24.3 Å². The predicted molar refractivity (Wildman–Crippen MR) is 136 cm³/mol. The van der Waals surface area contributed by atoms with E-state index in [1.807, 2.05) is 31.2 Å². The number of halogens is 1. The van der Waals surface area contributed by atoms with Gasteiger partial charge in [0.1, 0.15) is 6.04 Å². The fraction of sp³-hybridized carbons (Fsp3) is 0.214. The highest BCUT2D eigenvalue weighted by Gasteiger charge is 2.44. The predicted octanol–water partition coefficient (Wildman–Crippen LogP) is 4.34. The summed E-state index contributed by atoms with van der Waals surface area (Å²) in [7, 11) is 1.28. The summed E-state index contributed by atoms with van der Waals surface area (Å²) in [5, 5.41) is 0.563. The molecule has 0 spiro atoms. The molecule has 3 aromatic rings. The lowest BCUT2D eigenvalue weighted by molar-refractivity contribution is -0.138. The zero-order valence-corrected chi connectivity index (χ0v) is 20.7. The van der Waals surface area contributed by atoms with Gasteiger partial charge in [-0.05, 0) is 54.4 Å². The van der Waals surface area contributed by atoms with Crippen molar-refractivity contribution >= 4 is 41.0 Å². The molecular weight excluding hydrogens is 480 g/mol. The Kier molecular flexibility index (Phi) is 7.50. The lowest BCUT2D eigenvalue weighted by Gasteiger charge is -2.28. The van der Waals surface area contributed by atoms with Gasteiger partial charge < -0.3 is 9.64 Å². The number of carbonyl (C=O) groups is 4. The fourth-order valence-corrected chi connectivity index (χ4v) is 4.26. The summed E-state index contributed by atoms with van der Waals surface area (Å²) in [6.45, 7) is 2.15. The van der Waals surface area contributed by atoms with E-state index in [1.165, 1.54) is 36.3 Å². The van der Waals surface area contributed by atoms with Crippen LogP contribution in [0.2, 0.25) is 5.02 Å². The molecule has 1 aliphatic rings. The Bertz CT molecular complexity index is 1290. The number of ether oxygens (including phenoxy) is 1. The number of esters is 1. The minimum Gasteiger partial charge on any atom is -0.465 e. The quantitative estimate of drug-likeness (QED) is 0.353. The molecule has 1 aliphatic heterocycles. The van der Waals surface area contributed by atoms with Gasteiger partial charge in [-0.2, -0.15) is 0 Å². The maximum Gasteiger partial charge on any atom is 0.337 e. The highest BCUT2D eigenvalue weighted by atomic mass is 35.5. The molecule has 3 aromatic carbocycles. The molecule has 1 saturated heterocycles. The van der Waals surface area contributed by atoms with Crippen LogP contribution in [-0.2, 0) is 32.1 Å². The minimum absolute atomic E-state index is 0.0643. The summed E-state index contributed by atoms with van der Waals surface area (Å²) >= 11 is 5.97. The van der Waals surface area contributed by atoms with Crippen LogP contribution < -0.4 is 4.90 Å². The summed E-state index contributed by atoms with van der Waals surface area (Å²) in [4.78, 5) is 54.2. The van der Waals surface area contributed by atoms with Crippen molar-refractivity contribution in [3.63, 3.8) is 0 Å². The van der Waals surface area contributed by atoms with Gasteiger partial charge in [-0.15, -0.1) is 0 Å². The molecule has 4 rings (SSSR count). The van der Waals surface area contributed by atoms with Crippen molar-refractivity contribution in [2.75, 3.05) is 12.0 Å². The van der Waals surface area contributed by atoms with Crippen LogP contribution >= 0.6 is 11.6 Å². The second-order valence-electron chi connectivity index (χ2n) is 8.64. The first kappa shape index (κ1) is 25.1. The summed E-state index contributed by atoms with van der Waals surface area (Å²) in [6, 6.07) is 19.7. The van der Waals surface area contributed by atoms with Crippen LogP contribution in [0.15, 0.2) is 72.8 Å². The molecule has 1 fully saturated rings. The second kappa shape index (κ2) is 10.7. The van der Waals surface area contributed by atoms with Gasteiger partial charge in [-0.3, -0.25) is 14.4 Å². The van der Waals surface area contributed by atoms with Crippen molar-refractivity contribution in [1.29, 1.82) is 0 Å². The number of nitrogens with zero attached hydrogens (tertiary/aromatic N) is 2. The first-order chi connectivity index (χ1) is 17.3. The molecule has 0 saturated carbocycles. The van der Waals surface area contributed by atoms with Crippen molar-refractivity contribution in [1.82, 2.24) is 4.90 Å². The number of hydrogen-bond acceptors (Lipinski definition) is 5. The molecule has 3 amide bonds. The molecule has 0 aromatic heterocycles. The lowest BCUT2D eigenvalue weighted by Crippen LogP contribution is -2.45. The first-order valence-corrected chi connectivity index (χ1v) is 11.8. The Labute approximate surface area is 214 Å². The van der Waals surface area contributed by atoms with Crippen LogP contribution in [0.1, 0.15) is 33.5 Å². The van der Waals surface area contributed by atoms with Crippen LogP contribution in [0.5, 0.6) is 0 Å². The number of methoxy groups -OCH3 is 1. The molecule has 0 radical (unpaired) electrons. The maximum atomic E-state index is 13.5. The van der Waals surface area contributed by atoms with Gasteiger partial charge in [0.25, 0.3) is 5.91 Å². The topological polar surface area (TPSA) is 84.0 Å². The molecule has 0 aliphatic carbocycles. The number of carbonyl (C=O) groups excluding carboxylic acids is 4. The molecule has 1 atom stereocenters. The third-order valence-electron chi connectivity index (χ3n) is 6.11. The Balaban J connectivity index is 1.61. The van der Waals surface area contributed by atoms with Crippen LogP contribution in [0.25, 0.3) is 0 Å². The molecule has 1 heterocycles. The zero-order chi connectivity index (χ0) is 25.8. The molecule has 0 N–H and O–H groups in total. The standard InChI is InChI=1S/C28H25ClN2O5/c1-18-3-5-20(6-4-18)17-30(25(32)15-19-7-11-22(29)12-8-19)24-16-26(33)31(27(24)34)23-13-9-21(10-14-23)28(35)36-2/h3-14,24H,15-17H2,1-2H3. The third kappa shape index (κ3) is 5.47. The van der Waals surface area contributed by atoms with E-state index in [0.29, 0.717) is 16.3 Å². The van der Waals surface area contributed by atoms with Gasteiger partial charge in [-0.25, -0.2) is 9.69 Å². The molecule has 36 heavy (non-hydrogen) atoms. The van der Waals surface area contributed by atoms with Crippen LogP contribution in [0.4, 0.5) is 5.69 Å². The van der Waals surface area contributed by atoms with Gasteiger partial charge in [0.05, 0.1) is 31.2 Å². The van der Waals surface area contributed by atoms with Crippen LogP contribution in [-0.4, -0.2) is 41.7 Å². The Morgan fingerprint density at radius 1 is 0.944 bits per heavy atom. The SMILES string of the molecule is COC(=O)c1ccc(N2C(=O)CC(N(Cc3ccc(C)cc3)C(=O)Cc3ccc(Cl)cc3)C2=O)cc1. The number of aryl methyl sites for hydroxylation is 1. The van der Waals surface area contributed by atoms with Gasteiger partial charge in [-0.1, -0.05) is 53.6 Å². The van der Waals surface area contributed by atoms with Gasteiger partial charge >= 0.3 is 5.97 Å². The monoisotopic (exact) mass is 504 g/mol. The van der Waals surface area contributed by atoms with Gasteiger partial charge in [0.15, 0.2) is 0 Å². The van der Waals surface area contributed by atoms with E-state index >= 15 is 0 Å². The average Bonchev–Trinajstić information content (AvgIpc) is 3.17. The molecule has 7 nitrogen and oxygen atoms in total. The van der Waals surface area contributed by atoms with Crippen molar-refractivity contribution < 1.29 is 23.9 Å². The Hall–Kier alpha value is -3.97. The summed E-state index contributed by atoms with van der Waals surface area (Å²) in [5.41, 5.74) is 3.32. The van der Waals surface area contributed by atoms with E-state index in [-0.39, 0.29) is 25.3 Å². The van der Waals surface area contributed by atoms with Gasteiger partial charge in [0, 0.05) is 11.6 Å². The highest BCUT2D eigenvalue weighted by molar-refractivity contribution is 6.30. The van der Waals surface area contributed by atoms with Crippen molar-refractivity contribution in [3.8, 4) is 0 Å². The van der Waals surface area contributed by atoms with Crippen molar-refractivity contribution in [2.24, 2.45) is 0 Å². The normalized spacial score (nSPS) is 15.2. The first-order valence-electron chi connectivity index (χ1n) is 11.4. The molecule has 8 heteroatoms. The van der Waals surface area contributed by atoms with Crippen molar-refractivity contribution in [3.05, 3.63) is 100 Å². The number of hydrogen-bond donors (Lipinski definition) is 0. The minimum atomic E-state index is -0.945. The van der Waals surface area contributed by atoms with E-state index in [2.05, 4.69) is 0 Å². The van der Waals surface area contributed by atoms with Crippen molar-refractivity contribution in [2.45, 2.75) is 32.4 Å². The Morgan fingerprint density at radius 3 is 2.17 bits per heavy atom. The van der Waals surface area contributed by atoms with Crippen LogP contribution in [0, 0.1) is 6.92 Å². The maximum absolute atomic E-state index is 13.5. The average molecular weight is 505 g/mol. The zero-order valence-electron chi connectivity index (χ0n) is 19.9. The summed E-state index contributed by atoms with van der Waals surface area (Å²) < 4.78 is 4.70. The number of benzene rings is 3. The van der Waals surface area contributed by atoms with E-state index in [4.69, 9.17) is 16.3 Å². The summed E-state index contributed by atoms with van der Waals surface area (Å²) in [5.74, 6) is -1.69. The summed E-state index contributed by atoms with van der Waals surface area (Å²) in [6.07, 6.45) is -0.0648. The van der Waals surface area contributed by atoms with E-state index < -0.39 is 23.8 Å². The number of rotatable bonds is 7. The molecule has 184 valence electrons. The smallest absolute Gasteiger partial charge is 0.337 e. The molecular formula is C28H25ClN2O5. The molecule has 0 bridgehead atoms. The fourth-order valence-electron chi connectivity index (χ4n) is 4.14. The highest BCUT2D eigenvalue weighted by Crippen LogP contribution is 2.28. The number of anilines is 1. The third-order valence-corrected chi connectivity index (χ3v) is 6.36. The van der Waals surface area contributed by atoms with Crippen LogP contribution in [0.3, 0.4) is 0 Å².